The maximum Gasteiger partial charge on any atom is 0.416 e. The number of rotatable bonds is 7. The maximum atomic E-state index is 13.2. The Morgan fingerprint density at radius 3 is 1.84 bits per heavy atom. The first-order chi connectivity index (χ1) is 14.2. The van der Waals surface area contributed by atoms with Crippen LogP contribution in [0.1, 0.15) is 62.5 Å². The largest absolute Gasteiger partial charge is 0.416 e. The first-order valence-electron chi connectivity index (χ1n) is 9.82. The molecular weight excluding hydrogens is 418 g/mol. The summed E-state index contributed by atoms with van der Waals surface area (Å²) in [5, 5.41) is 0. The van der Waals surface area contributed by atoms with Crippen LogP contribution in [-0.4, -0.2) is 6.61 Å². The van der Waals surface area contributed by atoms with Crippen LogP contribution in [0.4, 0.5) is 26.3 Å². The second-order valence-electron chi connectivity index (χ2n) is 8.20. The van der Waals surface area contributed by atoms with Crippen LogP contribution in [0.2, 0.25) is 0 Å². The fraction of sp³-hybridized carbons (Fsp3) is 0.417. The van der Waals surface area contributed by atoms with Gasteiger partial charge in [-0.15, -0.1) is 0 Å². The van der Waals surface area contributed by atoms with E-state index in [2.05, 4.69) is 0 Å². The van der Waals surface area contributed by atoms with Crippen LogP contribution in [0.15, 0.2) is 60.2 Å². The highest BCUT2D eigenvalue weighted by Crippen LogP contribution is 2.38. The molecule has 31 heavy (non-hydrogen) atoms. The number of hydrogen-bond donors (Lipinski definition) is 0. The van der Waals surface area contributed by atoms with Gasteiger partial charge < -0.3 is 4.74 Å². The molecule has 0 aromatic heterocycles. The van der Waals surface area contributed by atoms with Crippen LogP contribution in [0.3, 0.4) is 0 Å². The van der Waals surface area contributed by atoms with Gasteiger partial charge in [0.1, 0.15) is 0 Å². The third-order valence-corrected chi connectivity index (χ3v) is 5.16. The summed E-state index contributed by atoms with van der Waals surface area (Å²) in [5.74, 6) is 0. The fourth-order valence-corrected chi connectivity index (χ4v) is 3.15. The van der Waals surface area contributed by atoms with Crippen molar-refractivity contribution in [2.45, 2.75) is 58.0 Å². The zero-order valence-corrected chi connectivity index (χ0v) is 17.9. The van der Waals surface area contributed by atoms with E-state index in [9.17, 15) is 26.3 Å². The first-order valence-corrected chi connectivity index (χ1v) is 9.82. The van der Waals surface area contributed by atoms with E-state index >= 15 is 0 Å². The van der Waals surface area contributed by atoms with E-state index < -0.39 is 35.0 Å². The van der Waals surface area contributed by atoms with Gasteiger partial charge in [0.15, 0.2) is 0 Å². The van der Waals surface area contributed by atoms with Gasteiger partial charge in [-0.2, -0.15) is 26.3 Å². The van der Waals surface area contributed by atoms with Gasteiger partial charge in [-0.25, -0.2) is 0 Å². The molecule has 0 N–H and O–H groups in total. The molecule has 0 bridgehead atoms. The highest BCUT2D eigenvalue weighted by molar-refractivity contribution is 5.35. The molecule has 2 unspecified atom stereocenters. The van der Waals surface area contributed by atoms with Crippen molar-refractivity contribution in [1.29, 1.82) is 0 Å². The topological polar surface area (TPSA) is 9.23 Å². The second kappa shape index (κ2) is 9.47. The Morgan fingerprint density at radius 1 is 0.871 bits per heavy atom. The van der Waals surface area contributed by atoms with E-state index in [0.717, 1.165) is 23.3 Å². The molecule has 0 radical (unpaired) electrons. The molecule has 0 aliphatic rings. The zero-order valence-electron chi connectivity index (χ0n) is 17.9. The molecule has 0 aliphatic carbocycles. The van der Waals surface area contributed by atoms with Crippen LogP contribution in [-0.2, 0) is 22.5 Å². The van der Waals surface area contributed by atoms with Gasteiger partial charge in [-0.3, -0.25) is 0 Å². The zero-order chi connectivity index (χ0) is 23.4. The van der Waals surface area contributed by atoms with E-state index in [-0.39, 0.29) is 18.2 Å². The van der Waals surface area contributed by atoms with Crippen molar-refractivity contribution in [1.82, 2.24) is 0 Å². The molecule has 0 spiro atoms. The molecule has 0 saturated heterocycles. The van der Waals surface area contributed by atoms with E-state index in [4.69, 9.17) is 4.74 Å². The maximum absolute atomic E-state index is 13.2. The van der Waals surface area contributed by atoms with Crippen molar-refractivity contribution in [3.8, 4) is 0 Å². The summed E-state index contributed by atoms with van der Waals surface area (Å²) in [6.07, 6.45) is -8.09. The average Bonchev–Trinajstić information content (AvgIpc) is 2.69. The summed E-state index contributed by atoms with van der Waals surface area (Å²) in [7, 11) is 0. The standard InChI is InChI=1S/C24H26F6O/c1-16(2)10-11-22(4,19-8-6-5-7-9-19)15-31-17(3)18-12-20(23(25,26)27)14-21(13-18)24(28,29)30/h5-10,12-14,17H,11,15H2,1-4H3. The molecule has 1 nitrogen and oxygen atoms in total. The van der Waals surface area contributed by atoms with Crippen molar-refractivity contribution in [3.05, 3.63) is 82.4 Å². The van der Waals surface area contributed by atoms with E-state index in [0.29, 0.717) is 6.42 Å². The summed E-state index contributed by atoms with van der Waals surface area (Å²) in [6, 6.07) is 11.0. The molecule has 0 aliphatic heterocycles. The molecule has 2 rings (SSSR count). The minimum atomic E-state index is -4.89. The fourth-order valence-electron chi connectivity index (χ4n) is 3.15. The molecule has 7 heteroatoms. The highest BCUT2D eigenvalue weighted by atomic mass is 19.4. The minimum Gasteiger partial charge on any atom is -0.373 e. The molecule has 170 valence electrons. The normalized spacial score (nSPS) is 15.3. The van der Waals surface area contributed by atoms with Crippen molar-refractivity contribution in [2.24, 2.45) is 0 Å². The summed E-state index contributed by atoms with van der Waals surface area (Å²) in [5.41, 5.74) is -1.28. The van der Waals surface area contributed by atoms with Gasteiger partial charge in [-0.05, 0) is 56.5 Å². The van der Waals surface area contributed by atoms with Gasteiger partial charge in [0, 0.05) is 5.41 Å². The smallest absolute Gasteiger partial charge is 0.373 e. The molecule has 2 aromatic carbocycles. The lowest BCUT2D eigenvalue weighted by Gasteiger charge is -2.31. The van der Waals surface area contributed by atoms with Gasteiger partial charge >= 0.3 is 12.4 Å². The molecule has 2 aromatic rings. The Labute approximate surface area is 178 Å². The Hall–Kier alpha value is -2.28. The Morgan fingerprint density at radius 2 is 1.39 bits per heavy atom. The number of alkyl halides is 6. The number of allylic oxidation sites excluding steroid dienone is 2. The van der Waals surface area contributed by atoms with Gasteiger partial charge in [-0.1, -0.05) is 48.9 Å². The SMILES string of the molecule is CC(C)=CCC(C)(COC(C)c1cc(C(F)(F)F)cc(C(F)(F)F)c1)c1ccccc1. The van der Waals surface area contributed by atoms with Crippen molar-refractivity contribution >= 4 is 0 Å². The summed E-state index contributed by atoms with van der Waals surface area (Å²) in [6.45, 7) is 7.45. The number of halogens is 6. The Kier molecular flexibility index (Phi) is 7.63. The first kappa shape index (κ1) is 25.0. The summed E-state index contributed by atoms with van der Waals surface area (Å²) in [4.78, 5) is 0. The molecular formula is C24H26F6O. The minimum absolute atomic E-state index is 0.124. The summed E-state index contributed by atoms with van der Waals surface area (Å²) < 4.78 is 84.8. The van der Waals surface area contributed by atoms with Crippen molar-refractivity contribution in [3.63, 3.8) is 0 Å². The third-order valence-electron chi connectivity index (χ3n) is 5.16. The number of ether oxygens (including phenoxy) is 1. The summed E-state index contributed by atoms with van der Waals surface area (Å²) >= 11 is 0. The third kappa shape index (κ3) is 6.86. The Bertz CT molecular complexity index is 862. The van der Waals surface area contributed by atoms with Gasteiger partial charge in [0.2, 0.25) is 0 Å². The quantitative estimate of drug-likeness (QED) is 0.310. The van der Waals surface area contributed by atoms with Crippen molar-refractivity contribution in [2.75, 3.05) is 6.61 Å². The molecule has 0 amide bonds. The Balaban J connectivity index is 2.34. The van der Waals surface area contributed by atoms with E-state index in [1.54, 1.807) is 0 Å². The van der Waals surface area contributed by atoms with E-state index in [1.807, 2.05) is 57.2 Å². The molecule has 0 heterocycles. The predicted octanol–water partition coefficient (Wildman–Crippen LogP) is 8.12. The monoisotopic (exact) mass is 444 g/mol. The lowest BCUT2D eigenvalue weighted by atomic mass is 9.79. The van der Waals surface area contributed by atoms with Crippen molar-refractivity contribution < 1.29 is 31.1 Å². The number of benzene rings is 2. The van der Waals surface area contributed by atoms with Crippen LogP contribution >= 0.6 is 0 Å². The average molecular weight is 444 g/mol. The lowest BCUT2D eigenvalue weighted by molar-refractivity contribution is -0.143. The number of hydrogen-bond acceptors (Lipinski definition) is 1. The van der Waals surface area contributed by atoms with E-state index in [1.165, 1.54) is 6.92 Å². The molecule has 0 saturated carbocycles. The van der Waals surface area contributed by atoms with Crippen LogP contribution < -0.4 is 0 Å². The van der Waals surface area contributed by atoms with Crippen LogP contribution in [0.5, 0.6) is 0 Å². The molecule has 0 fully saturated rings. The van der Waals surface area contributed by atoms with Crippen LogP contribution in [0.25, 0.3) is 0 Å². The lowest BCUT2D eigenvalue weighted by Crippen LogP contribution is -2.28. The molecule has 2 atom stereocenters. The highest BCUT2D eigenvalue weighted by Gasteiger charge is 2.37. The van der Waals surface area contributed by atoms with Crippen LogP contribution in [0, 0.1) is 0 Å². The van der Waals surface area contributed by atoms with Gasteiger partial charge in [0.25, 0.3) is 0 Å². The predicted molar refractivity (Wildman–Crippen MR) is 109 cm³/mol. The second-order valence-corrected chi connectivity index (χ2v) is 8.20. The van der Waals surface area contributed by atoms with Gasteiger partial charge in [0.05, 0.1) is 23.8 Å².